The topological polar surface area (TPSA) is 29.9 Å². The summed E-state index contributed by atoms with van der Waals surface area (Å²) < 4.78 is 2.08. The van der Waals surface area contributed by atoms with Gasteiger partial charge < -0.3 is 9.88 Å². The highest BCUT2D eigenvalue weighted by Crippen LogP contribution is 2.32. The zero-order valence-electron chi connectivity index (χ0n) is 11.2. The lowest BCUT2D eigenvalue weighted by Gasteiger charge is -2.13. The Morgan fingerprint density at radius 3 is 2.47 bits per heavy atom. The molecule has 2 rings (SSSR count). The smallest absolute Gasteiger partial charge is 0.207 e. The number of imidazole rings is 1. The summed E-state index contributed by atoms with van der Waals surface area (Å²) in [4.78, 5) is 4.48. The molecule has 0 saturated carbocycles. The molecule has 0 saturated heterocycles. The van der Waals surface area contributed by atoms with E-state index in [0.29, 0.717) is 21.7 Å². The fourth-order valence-electron chi connectivity index (χ4n) is 1.91. The number of nitrogens with one attached hydrogen (secondary N) is 1. The summed E-state index contributed by atoms with van der Waals surface area (Å²) in [6.07, 6.45) is 2.02. The highest BCUT2D eigenvalue weighted by atomic mass is 35.5. The number of benzene rings is 1. The standard InChI is InChI=1S/C14H17Cl2N3/c1-9(2)7-19-8-10(3)17-14(19)18-13-11(15)5-4-6-12(13)16/h4-6,8-9H,7H2,1-3H3,(H,17,18). The van der Waals surface area contributed by atoms with Crippen LogP contribution in [0.3, 0.4) is 0 Å². The number of hydrogen-bond acceptors (Lipinski definition) is 2. The van der Waals surface area contributed by atoms with E-state index in [1.807, 2.05) is 19.2 Å². The zero-order valence-corrected chi connectivity index (χ0v) is 12.8. The first kappa shape index (κ1) is 14.2. The van der Waals surface area contributed by atoms with E-state index in [2.05, 4.69) is 28.7 Å². The van der Waals surface area contributed by atoms with Crippen LogP contribution in [0.2, 0.25) is 10.0 Å². The molecule has 0 spiro atoms. The van der Waals surface area contributed by atoms with Crippen LogP contribution < -0.4 is 5.32 Å². The zero-order chi connectivity index (χ0) is 14.0. The van der Waals surface area contributed by atoms with E-state index in [4.69, 9.17) is 23.2 Å². The van der Waals surface area contributed by atoms with Gasteiger partial charge in [-0.1, -0.05) is 43.1 Å². The van der Waals surface area contributed by atoms with Gasteiger partial charge in [-0.25, -0.2) is 4.98 Å². The fourth-order valence-corrected chi connectivity index (χ4v) is 2.40. The molecule has 0 bridgehead atoms. The lowest BCUT2D eigenvalue weighted by atomic mass is 10.2. The van der Waals surface area contributed by atoms with E-state index in [0.717, 1.165) is 18.2 Å². The molecule has 0 aliphatic carbocycles. The summed E-state index contributed by atoms with van der Waals surface area (Å²) in [5, 5.41) is 4.40. The Balaban J connectivity index is 2.33. The van der Waals surface area contributed by atoms with Gasteiger partial charge in [0.05, 0.1) is 21.4 Å². The van der Waals surface area contributed by atoms with Gasteiger partial charge in [-0.3, -0.25) is 0 Å². The Labute approximate surface area is 123 Å². The molecule has 1 aromatic heterocycles. The van der Waals surface area contributed by atoms with E-state index < -0.39 is 0 Å². The molecular formula is C14H17Cl2N3. The van der Waals surface area contributed by atoms with Crippen molar-refractivity contribution in [3.05, 3.63) is 40.1 Å². The third kappa shape index (κ3) is 3.43. The van der Waals surface area contributed by atoms with Crippen molar-refractivity contribution in [2.24, 2.45) is 5.92 Å². The fraction of sp³-hybridized carbons (Fsp3) is 0.357. The predicted molar refractivity (Wildman–Crippen MR) is 81.5 cm³/mol. The van der Waals surface area contributed by atoms with Crippen LogP contribution in [-0.4, -0.2) is 9.55 Å². The van der Waals surface area contributed by atoms with Crippen LogP contribution in [0, 0.1) is 12.8 Å². The second kappa shape index (κ2) is 5.85. The molecule has 2 aromatic rings. The molecule has 0 aliphatic rings. The molecule has 1 N–H and O–H groups in total. The van der Waals surface area contributed by atoms with Gasteiger partial charge in [0.25, 0.3) is 0 Å². The van der Waals surface area contributed by atoms with Gasteiger partial charge in [-0.15, -0.1) is 0 Å². The average Bonchev–Trinajstić information content (AvgIpc) is 2.63. The largest absolute Gasteiger partial charge is 0.323 e. The average molecular weight is 298 g/mol. The van der Waals surface area contributed by atoms with E-state index in [1.54, 1.807) is 12.1 Å². The molecular weight excluding hydrogens is 281 g/mol. The number of rotatable bonds is 4. The monoisotopic (exact) mass is 297 g/mol. The quantitative estimate of drug-likeness (QED) is 0.870. The SMILES string of the molecule is Cc1cn(CC(C)C)c(Nc2c(Cl)cccc2Cl)n1. The van der Waals surface area contributed by atoms with Crippen LogP contribution in [0.5, 0.6) is 0 Å². The van der Waals surface area contributed by atoms with Gasteiger partial charge in [0, 0.05) is 12.7 Å². The van der Waals surface area contributed by atoms with Gasteiger partial charge in [0.15, 0.2) is 0 Å². The number of nitrogens with zero attached hydrogens (tertiary/aromatic N) is 2. The normalized spacial score (nSPS) is 11.1. The molecule has 19 heavy (non-hydrogen) atoms. The molecule has 102 valence electrons. The molecule has 0 amide bonds. The Kier molecular flexibility index (Phi) is 4.38. The first-order valence-corrected chi connectivity index (χ1v) is 6.97. The second-order valence-electron chi connectivity index (χ2n) is 4.97. The summed E-state index contributed by atoms with van der Waals surface area (Å²) in [6, 6.07) is 5.43. The maximum absolute atomic E-state index is 6.16. The van der Waals surface area contributed by atoms with Crippen LogP contribution in [0.1, 0.15) is 19.5 Å². The molecule has 1 aromatic carbocycles. The van der Waals surface area contributed by atoms with Crippen molar-refractivity contribution >= 4 is 34.8 Å². The van der Waals surface area contributed by atoms with Crippen molar-refractivity contribution < 1.29 is 0 Å². The van der Waals surface area contributed by atoms with Crippen LogP contribution in [0.15, 0.2) is 24.4 Å². The van der Waals surface area contributed by atoms with Crippen LogP contribution >= 0.6 is 23.2 Å². The number of para-hydroxylation sites is 1. The minimum absolute atomic E-state index is 0.538. The van der Waals surface area contributed by atoms with E-state index in [-0.39, 0.29) is 0 Å². The molecule has 0 radical (unpaired) electrons. The third-order valence-corrected chi connectivity index (χ3v) is 3.29. The number of anilines is 2. The Morgan fingerprint density at radius 2 is 1.89 bits per heavy atom. The van der Waals surface area contributed by atoms with Crippen molar-refractivity contribution in [1.29, 1.82) is 0 Å². The van der Waals surface area contributed by atoms with Gasteiger partial charge in [0.1, 0.15) is 0 Å². The van der Waals surface area contributed by atoms with Crippen LogP contribution in [-0.2, 0) is 6.54 Å². The molecule has 3 nitrogen and oxygen atoms in total. The molecule has 0 fully saturated rings. The number of hydrogen-bond donors (Lipinski definition) is 1. The Bertz CT molecular complexity index is 556. The van der Waals surface area contributed by atoms with Gasteiger partial charge >= 0.3 is 0 Å². The molecule has 0 unspecified atom stereocenters. The van der Waals surface area contributed by atoms with Crippen molar-refractivity contribution in [3.8, 4) is 0 Å². The van der Waals surface area contributed by atoms with E-state index in [9.17, 15) is 0 Å². The molecule has 0 atom stereocenters. The maximum atomic E-state index is 6.16. The van der Waals surface area contributed by atoms with Gasteiger partial charge in [0.2, 0.25) is 5.95 Å². The molecule has 1 heterocycles. The maximum Gasteiger partial charge on any atom is 0.207 e. The number of aromatic nitrogens is 2. The second-order valence-corrected chi connectivity index (χ2v) is 5.79. The first-order valence-electron chi connectivity index (χ1n) is 6.22. The summed E-state index contributed by atoms with van der Waals surface area (Å²) >= 11 is 12.3. The highest BCUT2D eigenvalue weighted by Gasteiger charge is 2.11. The van der Waals surface area contributed by atoms with E-state index in [1.165, 1.54) is 0 Å². The van der Waals surface area contributed by atoms with Crippen molar-refractivity contribution in [2.75, 3.05) is 5.32 Å². The minimum atomic E-state index is 0.538. The Morgan fingerprint density at radius 1 is 1.26 bits per heavy atom. The van der Waals surface area contributed by atoms with Crippen molar-refractivity contribution in [1.82, 2.24) is 9.55 Å². The molecule has 0 aliphatic heterocycles. The van der Waals surface area contributed by atoms with Gasteiger partial charge in [-0.2, -0.15) is 0 Å². The lowest BCUT2D eigenvalue weighted by molar-refractivity contribution is 0.527. The van der Waals surface area contributed by atoms with Crippen molar-refractivity contribution in [3.63, 3.8) is 0 Å². The van der Waals surface area contributed by atoms with Crippen LogP contribution in [0.4, 0.5) is 11.6 Å². The molecule has 5 heteroatoms. The van der Waals surface area contributed by atoms with E-state index >= 15 is 0 Å². The summed E-state index contributed by atoms with van der Waals surface area (Å²) in [6.45, 7) is 7.20. The summed E-state index contributed by atoms with van der Waals surface area (Å²) in [5.41, 5.74) is 1.66. The highest BCUT2D eigenvalue weighted by molar-refractivity contribution is 6.39. The third-order valence-electron chi connectivity index (χ3n) is 2.66. The first-order chi connectivity index (χ1) is 8.97. The predicted octanol–water partition coefficient (Wildman–Crippen LogP) is 4.90. The van der Waals surface area contributed by atoms with Crippen LogP contribution in [0.25, 0.3) is 0 Å². The lowest BCUT2D eigenvalue weighted by Crippen LogP contribution is -2.07. The number of aryl methyl sites for hydroxylation is 1. The van der Waals surface area contributed by atoms with Crippen molar-refractivity contribution in [2.45, 2.75) is 27.3 Å². The van der Waals surface area contributed by atoms with Gasteiger partial charge in [-0.05, 0) is 25.0 Å². The summed E-state index contributed by atoms with van der Waals surface area (Å²) in [7, 11) is 0. The number of halogens is 2. The Hall–Kier alpha value is -1.19. The summed E-state index contributed by atoms with van der Waals surface area (Å²) in [5.74, 6) is 1.30. The minimum Gasteiger partial charge on any atom is -0.323 e.